The van der Waals surface area contributed by atoms with Crippen molar-refractivity contribution in [3.8, 4) is 0 Å². The molecule has 0 bridgehead atoms. The number of benzene rings is 2. The van der Waals surface area contributed by atoms with Crippen LogP contribution in [-0.4, -0.2) is 23.5 Å². The van der Waals surface area contributed by atoms with Gasteiger partial charge in [0.1, 0.15) is 0 Å². The van der Waals surface area contributed by atoms with E-state index in [-0.39, 0.29) is 22.4 Å². The standard InChI is InChI=1S/C16H10F3NO2/c17-16(18,19)15(9-20-13-7-2-1-6-12(13)15)11-5-3-4-10(8-11)14(21)22/h1-9H,(H,21,22). The SMILES string of the molecule is O=C(O)c1cccc(C2(C(F)(F)F)C=Nc3ccccc32)c1. The number of halogens is 3. The topological polar surface area (TPSA) is 49.7 Å². The lowest BCUT2D eigenvalue weighted by Gasteiger charge is -2.31. The molecule has 0 saturated carbocycles. The molecule has 0 radical (unpaired) electrons. The van der Waals surface area contributed by atoms with E-state index in [2.05, 4.69) is 4.99 Å². The second-order valence-corrected chi connectivity index (χ2v) is 4.97. The number of carbonyl (C=O) groups is 1. The predicted molar refractivity (Wildman–Crippen MR) is 74.8 cm³/mol. The maximum Gasteiger partial charge on any atom is 0.407 e. The van der Waals surface area contributed by atoms with Gasteiger partial charge in [0.15, 0.2) is 5.41 Å². The molecular formula is C16H10F3NO2. The van der Waals surface area contributed by atoms with Crippen molar-refractivity contribution >= 4 is 17.9 Å². The third kappa shape index (κ3) is 1.91. The van der Waals surface area contributed by atoms with E-state index in [1.165, 1.54) is 36.4 Å². The first kappa shape index (κ1) is 14.3. The summed E-state index contributed by atoms with van der Waals surface area (Å²) in [5.41, 5.74) is -2.53. The summed E-state index contributed by atoms with van der Waals surface area (Å²) in [6, 6.07) is 10.9. The zero-order chi connectivity index (χ0) is 16.0. The molecule has 0 amide bonds. The van der Waals surface area contributed by atoms with Crippen molar-refractivity contribution in [3.63, 3.8) is 0 Å². The number of alkyl halides is 3. The molecule has 1 N–H and O–H groups in total. The van der Waals surface area contributed by atoms with Crippen molar-refractivity contribution in [3.05, 3.63) is 65.2 Å². The van der Waals surface area contributed by atoms with Crippen LogP contribution in [0, 0.1) is 0 Å². The first-order valence-corrected chi connectivity index (χ1v) is 6.41. The van der Waals surface area contributed by atoms with Crippen LogP contribution in [0.25, 0.3) is 0 Å². The molecule has 1 aliphatic heterocycles. The van der Waals surface area contributed by atoms with Crippen LogP contribution >= 0.6 is 0 Å². The number of rotatable bonds is 2. The summed E-state index contributed by atoms with van der Waals surface area (Å²) in [6.45, 7) is 0. The molecule has 0 saturated heterocycles. The number of hydrogen-bond donors (Lipinski definition) is 1. The summed E-state index contributed by atoms with van der Waals surface area (Å²) in [7, 11) is 0. The Labute approximate surface area is 123 Å². The lowest BCUT2D eigenvalue weighted by atomic mass is 9.75. The molecule has 2 aromatic carbocycles. The van der Waals surface area contributed by atoms with E-state index < -0.39 is 17.6 Å². The normalized spacial score (nSPS) is 20.0. The van der Waals surface area contributed by atoms with Gasteiger partial charge in [0.2, 0.25) is 0 Å². The smallest absolute Gasteiger partial charge is 0.407 e. The fourth-order valence-corrected chi connectivity index (χ4v) is 2.67. The molecule has 0 aliphatic carbocycles. The molecule has 2 aromatic rings. The van der Waals surface area contributed by atoms with Gasteiger partial charge in [-0.25, -0.2) is 4.79 Å². The minimum atomic E-state index is -4.64. The highest BCUT2D eigenvalue weighted by molar-refractivity contribution is 5.92. The minimum absolute atomic E-state index is 0.00467. The zero-order valence-corrected chi connectivity index (χ0v) is 11.1. The monoisotopic (exact) mass is 305 g/mol. The van der Waals surface area contributed by atoms with Crippen molar-refractivity contribution in [2.45, 2.75) is 11.6 Å². The third-order valence-electron chi connectivity index (χ3n) is 3.74. The van der Waals surface area contributed by atoms with Crippen molar-refractivity contribution in [2.75, 3.05) is 0 Å². The number of para-hydroxylation sites is 1. The van der Waals surface area contributed by atoms with E-state index in [0.717, 1.165) is 12.3 Å². The quantitative estimate of drug-likeness (QED) is 0.913. The molecule has 22 heavy (non-hydrogen) atoms. The Morgan fingerprint density at radius 2 is 1.82 bits per heavy atom. The summed E-state index contributed by atoms with van der Waals surface area (Å²) in [6.07, 6.45) is -3.79. The van der Waals surface area contributed by atoms with Gasteiger partial charge < -0.3 is 5.11 Å². The van der Waals surface area contributed by atoms with E-state index >= 15 is 0 Å². The fraction of sp³-hybridized carbons (Fsp3) is 0.125. The van der Waals surface area contributed by atoms with E-state index in [1.54, 1.807) is 6.07 Å². The predicted octanol–water partition coefficient (Wildman–Crippen LogP) is 3.95. The summed E-state index contributed by atoms with van der Waals surface area (Å²) in [5, 5.41) is 9.02. The molecule has 0 spiro atoms. The van der Waals surface area contributed by atoms with Gasteiger partial charge in [-0.05, 0) is 23.8 Å². The molecule has 1 heterocycles. The van der Waals surface area contributed by atoms with Gasteiger partial charge >= 0.3 is 12.1 Å². The van der Waals surface area contributed by atoms with Gasteiger partial charge in [0.25, 0.3) is 0 Å². The Morgan fingerprint density at radius 3 is 2.50 bits per heavy atom. The van der Waals surface area contributed by atoms with Crippen LogP contribution in [-0.2, 0) is 5.41 Å². The first-order valence-electron chi connectivity index (χ1n) is 6.41. The van der Waals surface area contributed by atoms with Crippen LogP contribution in [0.4, 0.5) is 18.9 Å². The molecule has 1 aliphatic rings. The minimum Gasteiger partial charge on any atom is -0.478 e. The van der Waals surface area contributed by atoms with Crippen molar-refractivity contribution < 1.29 is 23.1 Å². The van der Waals surface area contributed by atoms with Gasteiger partial charge in [-0.1, -0.05) is 30.3 Å². The van der Waals surface area contributed by atoms with Crippen LogP contribution in [0.1, 0.15) is 21.5 Å². The van der Waals surface area contributed by atoms with Crippen LogP contribution < -0.4 is 0 Å². The molecule has 1 unspecified atom stereocenters. The van der Waals surface area contributed by atoms with E-state index in [0.29, 0.717) is 0 Å². The molecule has 0 fully saturated rings. The molecule has 3 nitrogen and oxygen atoms in total. The molecule has 0 aromatic heterocycles. The second kappa shape index (κ2) is 4.69. The molecule has 3 rings (SSSR count). The number of carboxylic acids is 1. The van der Waals surface area contributed by atoms with Crippen molar-refractivity contribution in [1.82, 2.24) is 0 Å². The van der Waals surface area contributed by atoms with Gasteiger partial charge in [-0.2, -0.15) is 13.2 Å². The molecule has 1 atom stereocenters. The first-order chi connectivity index (χ1) is 10.4. The van der Waals surface area contributed by atoms with E-state index in [4.69, 9.17) is 5.11 Å². The Kier molecular flexibility index (Phi) is 3.05. The number of aliphatic imine (C=N–C) groups is 1. The number of nitrogens with zero attached hydrogens (tertiary/aromatic N) is 1. The third-order valence-corrected chi connectivity index (χ3v) is 3.74. The number of aromatic carboxylic acids is 1. The van der Waals surface area contributed by atoms with Gasteiger partial charge in [0.05, 0.1) is 11.3 Å². The van der Waals surface area contributed by atoms with E-state index in [9.17, 15) is 18.0 Å². The van der Waals surface area contributed by atoms with Gasteiger partial charge in [-0.15, -0.1) is 0 Å². The lowest BCUT2D eigenvalue weighted by Crippen LogP contribution is -2.43. The number of carboxylic acid groups (broad SMARTS) is 1. The Morgan fingerprint density at radius 1 is 1.09 bits per heavy atom. The van der Waals surface area contributed by atoms with Crippen LogP contribution in [0.2, 0.25) is 0 Å². The molecule has 112 valence electrons. The number of hydrogen-bond acceptors (Lipinski definition) is 2. The van der Waals surface area contributed by atoms with Crippen LogP contribution in [0.15, 0.2) is 53.5 Å². The average Bonchev–Trinajstić information content (AvgIpc) is 2.87. The molecular weight excluding hydrogens is 295 g/mol. The maximum atomic E-state index is 13.9. The Balaban J connectivity index is 2.29. The van der Waals surface area contributed by atoms with Crippen molar-refractivity contribution in [2.24, 2.45) is 4.99 Å². The Bertz CT molecular complexity index is 783. The Hall–Kier alpha value is -2.63. The maximum absolute atomic E-state index is 13.9. The number of fused-ring (bicyclic) bond motifs is 1. The van der Waals surface area contributed by atoms with Gasteiger partial charge in [0, 0.05) is 11.8 Å². The van der Waals surface area contributed by atoms with Crippen molar-refractivity contribution in [1.29, 1.82) is 0 Å². The largest absolute Gasteiger partial charge is 0.478 e. The summed E-state index contributed by atoms with van der Waals surface area (Å²) < 4.78 is 41.6. The fourth-order valence-electron chi connectivity index (χ4n) is 2.67. The van der Waals surface area contributed by atoms with Crippen LogP contribution in [0.5, 0.6) is 0 Å². The summed E-state index contributed by atoms with van der Waals surface area (Å²) >= 11 is 0. The van der Waals surface area contributed by atoms with E-state index in [1.807, 2.05) is 0 Å². The van der Waals surface area contributed by atoms with Crippen LogP contribution in [0.3, 0.4) is 0 Å². The highest BCUT2D eigenvalue weighted by Crippen LogP contribution is 2.51. The zero-order valence-electron chi connectivity index (χ0n) is 11.1. The van der Waals surface area contributed by atoms with Gasteiger partial charge in [-0.3, -0.25) is 4.99 Å². The highest BCUT2D eigenvalue weighted by atomic mass is 19.4. The highest BCUT2D eigenvalue weighted by Gasteiger charge is 2.59. The summed E-state index contributed by atoms with van der Waals surface area (Å²) in [4.78, 5) is 14.9. The summed E-state index contributed by atoms with van der Waals surface area (Å²) in [5.74, 6) is -1.28. The average molecular weight is 305 g/mol. The molecule has 6 heteroatoms. The second-order valence-electron chi connectivity index (χ2n) is 4.97. The lowest BCUT2D eigenvalue weighted by molar-refractivity contribution is -0.156.